The van der Waals surface area contributed by atoms with Crippen molar-refractivity contribution in [2.75, 3.05) is 0 Å². The minimum Gasteiger partial charge on any atom is -0.388 e. The predicted molar refractivity (Wildman–Crippen MR) is 67.3 cm³/mol. The van der Waals surface area contributed by atoms with Gasteiger partial charge in [-0.1, -0.05) is 31.7 Å². The zero-order valence-corrected chi connectivity index (χ0v) is 10.5. The Bertz CT molecular complexity index is 367. The van der Waals surface area contributed by atoms with Crippen molar-refractivity contribution in [3.05, 3.63) is 35.1 Å². The zero-order valence-electron chi connectivity index (χ0n) is 10.5. The van der Waals surface area contributed by atoms with Crippen LogP contribution in [0.4, 0.5) is 4.39 Å². The molecule has 17 heavy (non-hydrogen) atoms. The van der Waals surface area contributed by atoms with Gasteiger partial charge in [0.25, 0.3) is 0 Å². The summed E-state index contributed by atoms with van der Waals surface area (Å²) in [6.45, 7) is 1.94. The first-order chi connectivity index (χ1) is 8.18. The number of aliphatic hydroxyl groups excluding tert-OH is 1. The van der Waals surface area contributed by atoms with Crippen molar-refractivity contribution in [2.24, 2.45) is 5.92 Å². The summed E-state index contributed by atoms with van der Waals surface area (Å²) in [5.74, 6) is 0.0521. The van der Waals surface area contributed by atoms with Crippen LogP contribution in [0.15, 0.2) is 18.2 Å². The third kappa shape index (κ3) is 3.06. The maximum absolute atomic E-state index is 13.2. The van der Waals surface area contributed by atoms with Crippen molar-refractivity contribution in [2.45, 2.75) is 51.6 Å². The summed E-state index contributed by atoms with van der Waals surface area (Å²) in [6, 6.07) is 4.70. The van der Waals surface area contributed by atoms with E-state index in [0.717, 1.165) is 24.0 Å². The molecule has 1 saturated carbocycles. The molecule has 0 aromatic heterocycles. The van der Waals surface area contributed by atoms with E-state index in [-0.39, 0.29) is 5.82 Å². The average molecular weight is 236 g/mol. The van der Waals surface area contributed by atoms with Crippen molar-refractivity contribution in [3.63, 3.8) is 0 Å². The van der Waals surface area contributed by atoms with Gasteiger partial charge in [0, 0.05) is 0 Å². The lowest BCUT2D eigenvalue weighted by Gasteiger charge is -2.23. The smallest absolute Gasteiger partial charge is 0.123 e. The molecule has 0 aliphatic heterocycles. The number of benzene rings is 1. The van der Waals surface area contributed by atoms with Gasteiger partial charge in [0.05, 0.1) is 6.10 Å². The maximum atomic E-state index is 13.2. The van der Waals surface area contributed by atoms with E-state index in [1.165, 1.54) is 37.8 Å². The van der Waals surface area contributed by atoms with Crippen LogP contribution in [0.5, 0.6) is 0 Å². The van der Waals surface area contributed by atoms with Crippen LogP contribution < -0.4 is 0 Å². The highest BCUT2D eigenvalue weighted by atomic mass is 19.1. The second kappa shape index (κ2) is 5.63. The zero-order chi connectivity index (χ0) is 12.3. The fourth-order valence-electron chi connectivity index (χ4n) is 2.81. The van der Waals surface area contributed by atoms with Crippen LogP contribution in [-0.4, -0.2) is 5.11 Å². The fourth-order valence-corrected chi connectivity index (χ4v) is 2.81. The summed E-state index contributed by atoms with van der Waals surface area (Å²) >= 11 is 0. The van der Waals surface area contributed by atoms with Crippen molar-refractivity contribution < 1.29 is 9.50 Å². The number of hydrogen-bond acceptors (Lipinski definition) is 1. The average Bonchev–Trinajstić information content (AvgIpc) is 2.60. The van der Waals surface area contributed by atoms with Gasteiger partial charge in [0.2, 0.25) is 0 Å². The third-order valence-corrected chi connectivity index (χ3v) is 3.91. The van der Waals surface area contributed by atoms with E-state index in [9.17, 15) is 9.50 Å². The largest absolute Gasteiger partial charge is 0.388 e. The standard InChI is InChI=1S/C15H21FO/c1-11-8-9-13(16)10-14(11)15(17)12-6-4-2-3-5-7-12/h8-10,12,15,17H,2-7H2,1H3. The predicted octanol–water partition coefficient (Wildman–Crippen LogP) is 4.14. The molecule has 1 aliphatic rings. The summed E-state index contributed by atoms with van der Waals surface area (Å²) in [4.78, 5) is 0. The van der Waals surface area contributed by atoms with Crippen LogP contribution in [0, 0.1) is 18.7 Å². The number of hydrogen-bond donors (Lipinski definition) is 1. The molecule has 1 nitrogen and oxygen atoms in total. The molecule has 1 unspecified atom stereocenters. The summed E-state index contributed by atoms with van der Waals surface area (Å²) < 4.78 is 13.2. The number of halogens is 1. The van der Waals surface area contributed by atoms with Crippen LogP contribution in [-0.2, 0) is 0 Å². The Labute approximate surface area is 103 Å². The molecule has 1 aromatic rings. The van der Waals surface area contributed by atoms with Gasteiger partial charge in [-0.05, 0) is 48.9 Å². The van der Waals surface area contributed by atoms with E-state index in [2.05, 4.69) is 0 Å². The van der Waals surface area contributed by atoms with Gasteiger partial charge < -0.3 is 5.11 Å². The lowest BCUT2D eigenvalue weighted by atomic mass is 9.87. The van der Waals surface area contributed by atoms with Crippen LogP contribution >= 0.6 is 0 Å². The fraction of sp³-hybridized carbons (Fsp3) is 0.600. The van der Waals surface area contributed by atoms with E-state index in [1.807, 2.05) is 6.92 Å². The van der Waals surface area contributed by atoms with Crippen molar-refractivity contribution in [1.29, 1.82) is 0 Å². The first-order valence-electron chi connectivity index (χ1n) is 6.62. The van der Waals surface area contributed by atoms with Gasteiger partial charge >= 0.3 is 0 Å². The van der Waals surface area contributed by atoms with Crippen molar-refractivity contribution in [1.82, 2.24) is 0 Å². The van der Waals surface area contributed by atoms with Crippen LogP contribution in [0.3, 0.4) is 0 Å². The molecule has 0 bridgehead atoms. The molecular formula is C15H21FO. The van der Waals surface area contributed by atoms with Gasteiger partial charge in [-0.3, -0.25) is 0 Å². The summed E-state index contributed by atoms with van der Waals surface area (Å²) in [5.41, 5.74) is 1.76. The molecule has 1 aliphatic carbocycles. The van der Waals surface area contributed by atoms with Crippen LogP contribution in [0.25, 0.3) is 0 Å². The highest BCUT2D eigenvalue weighted by Gasteiger charge is 2.23. The normalized spacial score (nSPS) is 19.9. The molecule has 1 N–H and O–H groups in total. The molecule has 0 amide bonds. The Balaban J connectivity index is 2.16. The molecule has 0 radical (unpaired) electrons. The van der Waals surface area contributed by atoms with Gasteiger partial charge in [-0.2, -0.15) is 0 Å². The molecule has 2 rings (SSSR count). The summed E-state index contributed by atoms with van der Waals surface area (Å²) in [5, 5.41) is 10.4. The van der Waals surface area contributed by atoms with Crippen molar-refractivity contribution >= 4 is 0 Å². The Hall–Kier alpha value is -0.890. The minimum absolute atomic E-state index is 0.252. The van der Waals surface area contributed by atoms with Gasteiger partial charge in [-0.15, -0.1) is 0 Å². The van der Waals surface area contributed by atoms with Gasteiger partial charge in [0.15, 0.2) is 0 Å². The summed E-state index contributed by atoms with van der Waals surface area (Å²) in [7, 11) is 0. The van der Waals surface area contributed by atoms with E-state index >= 15 is 0 Å². The Morgan fingerprint density at radius 2 is 1.82 bits per heavy atom. The first-order valence-corrected chi connectivity index (χ1v) is 6.62. The Kier molecular flexibility index (Phi) is 4.16. The van der Waals surface area contributed by atoms with Gasteiger partial charge in [0.1, 0.15) is 5.82 Å². The number of aliphatic hydroxyl groups is 1. The molecule has 0 saturated heterocycles. The van der Waals surface area contributed by atoms with E-state index in [1.54, 1.807) is 6.07 Å². The molecule has 1 fully saturated rings. The topological polar surface area (TPSA) is 20.2 Å². The SMILES string of the molecule is Cc1ccc(F)cc1C(O)C1CCCCCC1. The Morgan fingerprint density at radius 1 is 1.18 bits per heavy atom. The van der Waals surface area contributed by atoms with E-state index in [4.69, 9.17) is 0 Å². The van der Waals surface area contributed by atoms with E-state index in [0.29, 0.717) is 5.92 Å². The second-order valence-corrected chi connectivity index (χ2v) is 5.20. The molecule has 0 spiro atoms. The molecule has 1 aromatic carbocycles. The maximum Gasteiger partial charge on any atom is 0.123 e. The van der Waals surface area contributed by atoms with Crippen LogP contribution in [0.1, 0.15) is 55.8 Å². The highest BCUT2D eigenvalue weighted by Crippen LogP contribution is 2.34. The second-order valence-electron chi connectivity index (χ2n) is 5.20. The monoisotopic (exact) mass is 236 g/mol. The first kappa shape index (κ1) is 12.6. The van der Waals surface area contributed by atoms with E-state index < -0.39 is 6.10 Å². The molecule has 2 heteroatoms. The molecule has 1 atom stereocenters. The lowest BCUT2D eigenvalue weighted by molar-refractivity contribution is 0.0979. The molecular weight excluding hydrogens is 215 g/mol. The van der Waals surface area contributed by atoms with Gasteiger partial charge in [-0.25, -0.2) is 4.39 Å². The number of aryl methyl sites for hydroxylation is 1. The van der Waals surface area contributed by atoms with Crippen molar-refractivity contribution in [3.8, 4) is 0 Å². The van der Waals surface area contributed by atoms with Crippen LogP contribution in [0.2, 0.25) is 0 Å². The minimum atomic E-state index is -0.496. The third-order valence-electron chi connectivity index (χ3n) is 3.91. The summed E-state index contributed by atoms with van der Waals surface area (Å²) in [6.07, 6.45) is 6.56. The quantitative estimate of drug-likeness (QED) is 0.765. The number of rotatable bonds is 2. The molecule has 0 heterocycles. The highest BCUT2D eigenvalue weighted by molar-refractivity contribution is 5.29. The Morgan fingerprint density at radius 3 is 2.47 bits per heavy atom. The molecule has 94 valence electrons. The lowest BCUT2D eigenvalue weighted by Crippen LogP contribution is -2.13.